The molecular formula is C12H10F3N3. The van der Waals surface area contributed by atoms with Crippen LogP contribution >= 0.6 is 0 Å². The van der Waals surface area contributed by atoms with Gasteiger partial charge in [0.25, 0.3) is 0 Å². The van der Waals surface area contributed by atoms with Gasteiger partial charge in [0.05, 0.1) is 5.56 Å². The van der Waals surface area contributed by atoms with E-state index in [-0.39, 0.29) is 11.4 Å². The Hall–Kier alpha value is -2.11. The smallest absolute Gasteiger partial charge is 0.383 e. The molecule has 0 bridgehead atoms. The maximum Gasteiger partial charge on any atom is 0.434 e. The van der Waals surface area contributed by atoms with Gasteiger partial charge in [-0.2, -0.15) is 13.2 Å². The molecule has 0 unspecified atom stereocenters. The van der Waals surface area contributed by atoms with Gasteiger partial charge >= 0.3 is 6.18 Å². The standard InChI is InChI=1S/C12H10F3N3/c1-7-4-2-3-5-8(7)9-10(12(13,14)15)17-6-18-11(9)16/h2-6H,1H3,(H2,16,17,18). The second-order valence-corrected chi connectivity index (χ2v) is 3.80. The minimum absolute atomic E-state index is 0.164. The van der Waals surface area contributed by atoms with E-state index in [1.165, 1.54) is 0 Å². The lowest BCUT2D eigenvalue weighted by Crippen LogP contribution is -2.13. The summed E-state index contributed by atoms with van der Waals surface area (Å²) in [6, 6.07) is 6.67. The van der Waals surface area contributed by atoms with E-state index in [1.807, 2.05) is 0 Å². The second kappa shape index (κ2) is 4.29. The summed E-state index contributed by atoms with van der Waals surface area (Å²) in [7, 11) is 0. The molecule has 0 atom stereocenters. The van der Waals surface area contributed by atoms with E-state index >= 15 is 0 Å². The van der Waals surface area contributed by atoms with E-state index < -0.39 is 11.9 Å². The molecule has 0 amide bonds. The second-order valence-electron chi connectivity index (χ2n) is 3.80. The quantitative estimate of drug-likeness (QED) is 0.849. The number of rotatable bonds is 1. The number of anilines is 1. The monoisotopic (exact) mass is 253 g/mol. The van der Waals surface area contributed by atoms with Crippen LogP contribution in [0.1, 0.15) is 11.3 Å². The van der Waals surface area contributed by atoms with Gasteiger partial charge in [-0.3, -0.25) is 0 Å². The Labute approximate surface area is 101 Å². The summed E-state index contributed by atoms with van der Waals surface area (Å²) in [6.07, 6.45) is -3.74. The van der Waals surface area contributed by atoms with Gasteiger partial charge in [0.1, 0.15) is 12.1 Å². The van der Waals surface area contributed by atoms with Crippen molar-refractivity contribution in [2.45, 2.75) is 13.1 Å². The van der Waals surface area contributed by atoms with E-state index in [0.717, 1.165) is 6.33 Å². The summed E-state index contributed by atoms with van der Waals surface area (Å²) in [6.45, 7) is 1.71. The van der Waals surface area contributed by atoms with Gasteiger partial charge in [-0.1, -0.05) is 24.3 Å². The molecule has 0 fully saturated rings. The minimum atomic E-state index is -4.56. The Balaban J connectivity index is 2.75. The molecule has 0 radical (unpaired) electrons. The van der Waals surface area contributed by atoms with E-state index in [1.54, 1.807) is 31.2 Å². The third kappa shape index (κ3) is 2.13. The molecule has 2 N–H and O–H groups in total. The third-order valence-electron chi connectivity index (χ3n) is 2.56. The Morgan fingerprint density at radius 3 is 2.39 bits per heavy atom. The maximum absolute atomic E-state index is 12.9. The number of halogens is 3. The zero-order chi connectivity index (χ0) is 13.3. The van der Waals surface area contributed by atoms with Gasteiger partial charge in [0.2, 0.25) is 0 Å². The van der Waals surface area contributed by atoms with Crippen LogP contribution in [0.2, 0.25) is 0 Å². The fourth-order valence-electron chi connectivity index (χ4n) is 1.73. The summed E-state index contributed by atoms with van der Waals surface area (Å²) >= 11 is 0. The van der Waals surface area contributed by atoms with Crippen LogP contribution in [0.25, 0.3) is 11.1 Å². The highest BCUT2D eigenvalue weighted by Crippen LogP contribution is 2.38. The van der Waals surface area contributed by atoms with E-state index in [4.69, 9.17) is 5.73 Å². The molecule has 1 heterocycles. The average molecular weight is 253 g/mol. The first-order chi connectivity index (χ1) is 8.41. The number of hydrogen-bond acceptors (Lipinski definition) is 3. The van der Waals surface area contributed by atoms with Crippen LogP contribution in [0.4, 0.5) is 19.0 Å². The van der Waals surface area contributed by atoms with Crippen molar-refractivity contribution >= 4 is 5.82 Å². The predicted octanol–water partition coefficient (Wildman–Crippen LogP) is 3.05. The molecule has 0 spiro atoms. The van der Waals surface area contributed by atoms with Crippen LogP contribution in [0.3, 0.4) is 0 Å². The first-order valence-electron chi connectivity index (χ1n) is 5.15. The van der Waals surface area contributed by atoms with Crippen molar-refractivity contribution in [2.75, 3.05) is 5.73 Å². The molecule has 2 aromatic rings. The molecule has 0 saturated carbocycles. The third-order valence-corrected chi connectivity index (χ3v) is 2.56. The van der Waals surface area contributed by atoms with Gasteiger partial charge in [0.15, 0.2) is 5.69 Å². The molecule has 2 rings (SSSR count). The average Bonchev–Trinajstić information content (AvgIpc) is 2.29. The first kappa shape index (κ1) is 12.3. The van der Waals surface area contributed by atoms with Crippen molar-refractivity contribution in [3.05, 3.63) is 41.9 Å². The highest BCUT2D eigenvalue weighted by Gasteiger charge is 2.37. The van der Waals surface area contributed by atoms with E-state index in [0.29, 0.717) is 11.1 Å². The fourth-order valence-corrected chi connectivity index (χ4v) is 1.73. The summed E-state index contributed by atoms with van der Waals surface area (Å²) in [4.78, 5) is 6.95. The van der Waals surface area contributed by atoms with Gasteiger partial charge in [-0.15, -0.1) is 0 Å². The summed E-state index contributed by atoms with van der Waals surface area (Å²) in [5.74, 6) is -0.174. The molecule has 0 saturated heterocycles. The van der Waals surface area contributed by atoms with Crippen LogP contribution in [-0.2, 0) is 6.18 Å². The lowest BCUT2D eigenvalue weighted by atomic mass is 9.99. The lowest BCUT2D eigenvalue weighted by Gasteiger charge is -2.14. The van der Waals surface area contributed by atoms with Crippen LogP contribution < -0.4 is 5.73 Å². The largest absolute Gasteiger partial charge is 0.434 e. The molecule has 0 aliphatic rings. The zero-order valence-electron chi connectivity index (χ0n) is 9.49. The number of alkyl halides is 3. The van der Waals surface area contributed by atoms with Crippen molar-refractivity contribution < 1.29 is 13.2 Å². The van der Waals surface area contributed by atoms with Crippen molar-refractivity contribution in [1.82, 2.24) is 9.97 Å². The summed E-state index contributed by atoms with van der Waals surface area (Å²) in [5.41, 5.74) is 5.47. The molecule has 1 aromatic carbocycles. The summed E-state index contributed by atoms with van der Waals surface area (Å²) in [5, 5.41) is 0. The van der Waals surface area contributed by atoms with E-state index in [9.17, 15) is 13.2 Å². The minimum Gasteiger partial charge on any atom is -0.383 e. The number of nitrogen functional groups attached to an aromatic ring is 1. The van der Waals surface area contributed by atoms with E-state index in [2.05, 4.69) is 9.97 Å². The molecule has 0 aliphatic carbocycles. The number of benzene rings is 1. The zero-order valence-corrected chi connectivity index (χ0v) is 9.49. The van der Waals surface area contributed by atoms with Crippen LogP contribution in [0.15, 0.2) is 30.6 Å². The van der Waals surface area contributed by atoms with Gasteiger partial charge in [0, 0.05) is 0 Å². The van der Waals surface area contributed by atoms with Crippen LogP contribution in [0, 0.1) is 6.92 Å². The Morgan fingerprint density at radius 1 is 1.11 bits per heavy atom. The number of aromatic nitrogens is 2. The fraction of sp³-hybridized carbons (Fsp3) is 0.167. The molecule has 18 heavy (non-hydrogen) atoms. The number of nitrogens with two attached hydrogens (primary N) is 1. The van der Waals surface area contributed by atoms with Gasteiger partial charge < -0.3 is 5.73 Å². The molecule has 1 aromatic heterocycles. The van der Waals surface area contributed by atoms with Crippen LogP contribution in [0.5, 0.6) is 0 Å². The molecule has 0 aliphatic heterocycles. The number of hydrogen-bond donors (Lipinski definition) is 1. The Kier molecular flexibility index (Phi) is 2.94. The Morgan fingerprint density at radius 2 is 1.78 bits per heavy atom. The molecule has 6 heteroatoms. The lowest BCUT2D eigenvalue weighted by molar-refractivity contribution is -0.140. The highest BCUT2D eigenvalue weighted by molar-refractivity contribution is 5.78. The molecular weight excluding hydrogens is 243 g/mol. The highest BCUT2D eigenvalue weighted by atomic mass is 19.4. The Bertz CT molecular complexity index is 579. The van der Waals surface area contributed by atoms with Crippen LogP contribution in [-0.4, -0.2) is 9.97 Å². The van der Waals surface area contributed by atoms with Gasteiger partial charge in [-0.05, 0) is 18.1 Å². The topological polar surface area (TPSA) is 51.8 Å². The predicted molar refractivity (Wildman–Crippen MR) is 61.6 cm³/mol. The maximum atomic E-state index is 12.9. The van der Waals surface area contributed by atoms with Gasteiger partial charge in [-0.25, -0.2) is 9.97 Å². The summed E-state index contributed by atoms with van der Waals surface area (Å²) < 4.78 is 38.7. The molecule has 94 valence electrons. The van der Waals surface area contributed by atoms with Crippen molar-refractivity contribution in [3.8, 4) is 11.1 Å². The number of nitrogens with zero attached hydrogens (tertiary/aromatic N) is 2. The van der Waals surface area contributed by atoms with Crippen molar-refractivity contribution in [1.29, 1.82) is 0 Å². The molecule has 3 nitrogen and oxygen atoms in total. The normalized spacial score (nSPS) is 11.6. The number of aryl methyl sites for hydroxylation is 1. The van der Waals surface area contributed by atoms with Crippen molar-refractivity contribution in [2.24, 2.45) is 0 Å². The first-order valence-corrected chi connectivity index (χ1v) is 5.15. The van der Waals surface area contributed by atoms with Crippen molar-refractivity contribution in [3.63, 3.8) is 0 Å². The SMILES string of the molecule is Cc1ccccc1-c1c(N)ncnc1C(F)(F)F.